The number of hydrogen-bond donors (Lipinski definition) is 0. The van der Waals surface area contributed by atoms with Gasteiger partial charge in [0.1, 0.15) is 5.56 Å². The monoisotopic (exact) mass is 347 g/mol. The Balaban J connectivity index is 0.000000368. The molecule has 0 bridgehead atoms. The van der Waals surface area contributed by atoms with Crippen molar-refractivity contribution in [2.75, 3.05) is 0 Å². The molecule has 7 heteroatoms. The Morgan fingerprint density at radius 1 is 0.792 bits per heavy atom. The lowest BCUT2D eigenvalue weighted by molar-refractivity contribution is -2.00. The molecule has 24 heavy (non-hydrogen) atoms. The van der Waals surface area contributed by atoms with E-state index in [2.05, 4.69) is 17.1 Å². The second-order valence-electron chi connectivity index (χ2n) is 4.77. The van der Waals surface area contributed by atoms with Gasteiger partial charge in [-0.2, -0.15) is 9.40 Å². The Morgan fingerprint density at radius 2 is 1.25 bits per heavy atom. The minimum Gasteiger partial charge on any atom is -0.222 e. The molecule has 0 fully saturated rings. The molecule has 1 heterocycles. The molecule has 0 spiro atoms. The van der Waals surface area contributed by atoms with Gasteiger partial charge < -0.3 is 0 Å². The van der Waals surface area contributed by atoms with E-state index in [9.17, 15) is 0 Å². The van der Waals surface area contributed by atoms with Gasteiger partial charge >= 0.3 is 11.7 Å². The van der Waals surface area contributed by atoms with Gasteiger partial charge in [0.15, 0.2) is 0 Å². The average molecular weight is 348 g/mol. The summed E-state index contributed by atoms with van der Waals surface area (Å²) in [5, 5.41) is 0. The van der Waals surface area contributed by atoms with Crippen LogP contribution in [-0.2, 0) is 0 Å². The number of hydrogen-bond acceptors (Lipinski definition) is 5. The van der Waals surface area contributed by atoms with Gasteiger partial charge in [-0.1, -0.05) is 48.5 Å². The lowest BCUT2D eigenvalue weighted by atomic mass is 10.1. The number of rotatable bonds is 2. The zero-order chi connectivity index (χ0) is 17.6. The fourth-order valence-corrected chi connectivity index (χ4v) is 2.00. The number of benzene rings is 2. The number of aryl methyl sites for hydroxylation is 1. The third-order valence-electron chi connectivity index (χ3n) is 2.91. The summed E-state index contributed by atoms with van der Waals surface area (Å²) in [7, 11) is -4.94. The van der Waals surface area contributed by atoms with Crippen LogP contribution in [0.5, 0.6) is 0 Å². The standard InChI is InChI=1S/C17H14NO.ClHO4/c1-13-12-16(14-8-4-2-5-9-14)18-17(19-13)15-10-6-3-7-11-15;2-1(3,4)5/h2-12H,1H3;(H,2,3,4,5)/q+1;/p-1. The summed E-state index contributed by atoms with van der Waals surface area (Å²) in [6.07, 6.45) is 0. The van der Waals surface area contributed by atoms with E-state index < -0.39 is 10.2 Å². The molecule has 0 atom stereocenters. The summed E-state index contributed by atoms with van der Waals surface area (Å²) in [4.78, 5) is 4.61. The molecule has 0 N–H and O–H groups in total. The van der Waals surface area contributed by atoms with Gasteiger partial charge in [-0.25, -0.2) is 18.6 Å². The SMILES string of the molecule is Cc1cc(-c2ccccc2)nc(-c2ccccc2)[o+]1.[O-][Cl+3]([O-])([O-])[O-]. The van der Waals surface area contributed by atoms with Crippen molar-refractivity contribution < 1.29 is 33.3 Å². The smallest absolute Gasteiger partial charge is 0.222 e. The number of aromatic nitrogens is 1. The highest BCUT2D eigenvalue weighted by Crippen LogP contribution is 2.24. The van der Waals surface area contributed by atoms with E-state index in [1.54, 1.807) is 0 Å². The van der Waals surface area contributed by atoms with Crippen molar-refractivity contribution >= 4 is 0 Å². The molecule has 3 rings (SSSR count). The van der Waals surface area contributed by atoms with E-state index in [1.165, 1.54) is 0 Å². The van der Waals surface area contributed by atoms with Crippen LogP contribution in [0.15, 0.2) is 71.1 Å². The highest BCUT2D eigenvalue weighted by atomic mass is 35.7. The molecule has 0 radical (unpaired) electrons. The topological polar surface area (TPSA) is 116 Å². The second kappa shape index (κ2) is 7.96. The molecule has 0 amide bonds. The van der Waals surface area contributed by atoms with E-state index in [1.807, 2.05) is 61.5 Å². The molecule has 6 nitrogen and oxygen atoms in total. The molecule has 0 aliphatic rings. The molecule has 0 unspecified atom stereocenters. The van der Waals surface area contributed by atoms with E-state index in [0.29, 0.717) is 5.89 Å². The summed E-state index contributed by atoms with van der Waals surface area (Å²) < 4.78 is 39.7. The van der Waals surface area contributed by atoms with Crippen molar-refractivity contribution in [3.8, 4) is 22.7 Å². The fraction of sp³-hybridized carbons (Fsp3) is 0.0588. The molecule has 0 aliphatic carbocycles. The van der Waals surface area contributed by atoms with Crippen LogP contribution < -0.4 is 18.6 Å². The Labute approximate surface area is 141 Å². The Kier molecular flexibility index (Phi) is 5.97. The Hall–Kier alpha value is -2.35. The first-order chi connectivity index (χ1) is 11.3. The molecule has 0 saturated carbocycles. The Morgan fingerprint density at radius 3 is 1.75 bits per heavy atom. The van der Waals surface area contributed by atoms with E-state index in [0.717, 1.165) is 22.6 Å². The van der Waals surface area contributed by atoms with Gasteiger partial charge in [0, 0.05) is 5.56 Å². The molecule has 3 aromatic rings. The van der Waals surface area contributed by atoms with Crippen LogP contribution in [0.2, 0.25) is 0 Å². The van der Waals surface area contributed by atoms with Crippen molar-refractivity contribution in [2.45, 2.75) is 6.92 Å². The first-order valence-corrected chi connectivity index (χ1v) is 8.11. The van der Waals surface area contributed by atoms with Gasteiger partial charge in [0.2, 0.25) is 0 Å². The van der Waals surface area contributed by atoms with Crippen LogP contribution in [0.25, 0.3) is 22.7 Å². The average Bonchev–Trinajstić information content (AvgIpc) is 2.54. The maximum atomic E-state index is 8.49. The Bertz CT molecular complexity index is 712. The summed E-state index contributed by atoms with van der Waals surface area (Å²) in [6.45, 7) is 1.94. The second-order valence-corrected chi connectivity index (χ2v) is 5.53. The zero-order valence-electron chi connectivity index (χ0n) is 12.7. The van der Waals surface area contributed by atoms with E-state index in [4.69, 9.17) is 23.1 Å². The third-order valence-corrected chi connectivity index (χ3v) is 2.91. The summed E-state index contributed by atoms with van der Waals surface area (Å²) in [6, 6.07) is 22.0. The van der Waals surface area contributed by atoms with Gasteiger partial charge in [0.25, 0.3) is 0 Å². The number of nitrogens with zero attached hydrogens (tertiary/aromatic N) is 1. The first-order valence-electron chi connectivity index (χ1n) is 6.87. The fourth-order valence-electron chi connectivity index (χ4n) is 2.00. The van der Waals surface area contributed by atoms with Gasteiger partial charge in [0.05, 0.1) is 18.7 Å². The van der Waals surface area contributed by atoms with Gasteiger partial charge in [-0.15, -0.1) is 10.2 Å². The van der Waals surface area contributed by atoms with Crippen molar-refractivity contribution in [2.24, 2.45) is 0 Å². The van der Waals surface area contributed by atoms with Crippen molar-refractivity contribution in [1.82, 2.24) is 4.98 Å². The predicted octanol–water partition coefficient (Wildman–Crippen LogP) is -0.158. The molecular weight excluding hydrogens is 334 g/mol. The molecule has 0 saturated heterocycles. The van der Waals surface area contributed by atoms with Crippen molar-refractivity contribution in [3.05, 3.63) is 72.5 Å². The van der Waals surface area contributed by atoms with Crippen LogP contribution in [-0.4, -0.2) is 4.98 Å². The molecule has 124 valence electrons. The maximum Gasteiger partial charge on any atom is 0.460 e. The van der Waals surface area contributed by atoms with Crippen LogP contribution in [0.3, 0.4) is 0 Å². The molecule has 0 aliphatic heterocycles. The van der Waals surface area contributed by atoms with E-state index >= 15 is 0 Å². The summed E-state index contributed by atoms with van der Waals surface area (Å²) in [5.41, 5.74) is 3.02. The summed E-state index contributed by atoms with van der Waals surface area (Å²) in [5.74, 6) is 1.51. The highest BCUT2D eigenvalue weighted by molar-refractivity contribution is 5.62. The third kappa shape index (κ3) is 6.04. The van der Waals surface area contributed by atoms with E-state index in [-0.39, 0.29) is 0 Å². The minimum absolute atomic E-state index is 0.652. The quantitative estimate of drug-likeness (QED) is 0.595. The van der Waals surface area contributed by atoms with Crippen LogP contribution in [0, 0.1) is 17.2 Å². The number of halogens is 1. The molecule has 2 aromatic carbocycles. The zero-order valence-corrected chi connectivity index (χ0v) is 13.5. The van der Waals surface area contributed by atoms with Crippen molar-refractivity contribution in [3.63, 3.8) is 0 Å². The minimum atomic E-state index is -4.94. The first kappa shape index (κ1) is 18.0. The lowest BCUT2D eigenvalue weighted by Crippen LogP contribution is -2.68. The van der Waals surface area contributed by atoms with Gasteiger partial charge in [-0.05, 0) is 12.1 Å². The van der Waals surface area contributed by atoms with Gasteiger partial charge in [-0.3, -0.25) is 0 Å². The molecular formula is C17H14ClNO5. The van der Waals surface area contributed by atoms with Crippen molar-refractivity contribution in [1.29, 1.82) is 0 Å². The maximum absolute atomic E-state index is 8.49. The van der Waals surface area contributed by atoms with Crippen LogP contribution >= 0.6 is 0 Å². The normalized spacial score (nSPS) is 10.7. The lowest BCUT2D eigenvalue weighted by Gasteiger charge is -2.17. The van der Waals surface area contributed by atoms with Crippen LogP contribution in [0.1, 0.15) is 5.76 Å². The largest absolute Gasteiger partial charge is 0.460 e. The predicted molar refractivity (Wildman–Crippen MR) is 76.5 cm³/mol. The molecule has 1 aromatic heterocycles. The summed E-state index contributed by atoms with van der Waals surface area (Å²) >= 11 is 0. The highest BCUT2D eigenvalue weighted by Gasteiger charge is 2.17. The van der Waals surface area contributed by atoms with Crippen LogP contribution in [0.4, 0.5) is 0 Å².